The SMILES string of the molecule is O=S1(=O)CCN(Cc2ccc(N3C[N-]C3)cc2)CC1.[CH2-]CCS(=O)(=O)CCN.[Y]. The van der Waals surface area contributed by atoms with Crippen LogP contribution in [0.5, 0.6) is 0 Å². The first-order valence-corrected chi connectivity index (χ1v) is 13.0. The number of nitrogens with zero attached hydrogens (tertiary/aromatic N) is 3. The molecule has 1 radical (unpaired) electrons. The third-order valence-corrected chi connectivity index (χ3v) is 7.95. The molecular formula is C18H30N4O4S2Y-2. The van der Waals surface area contributed by atoms with E-state index in [1.54, 1.807) is 0 Å². The van der Waals surface area contributed by atoms with Gasteiger partial charge in [-0.1, -0.05) is 25.5 Å². The maximum atomic E-state index is 11.4. The van der Waals surface area contributed by atoms with Gasteiger partial charge in [0.1, 0.15) is 9.84 Å². The second-order valence-corrected chi connectivity index (χ2v) is 11.5. The first kappa shape index (κ1) is 26.9. The van der Waals surface area contributed by atoms with Crippen LogP contribution >= 0.6 is 0 Å². The Kier molecular flexibility index (Phi) is 11.8. The average molecular weight is 520 g/mol. The van der Waals surface area contributed by atoms with Gasteiger partial charge in [-0.05, 0) is 17.7 Å². The van der Waals surface area contributed by atoms with Crippen LogP contribution in [-0.4, -0.2) is 77.7 Å². The van der Waals surface area contributed by atoms with E-state index in [-0.39, 0.29) is 50.8 Å². The molecule has 2 fully saturated rings. The van der Waals surface area contributed by atoms with Crippen molar-refractivity contribution in [2.24, 2.45) is 5.73 Å². The molecule has 8 nitrogen and oxygen atoms in total. The summed E-state index contributed by atoms with van der Waals surface area (Å²) >= 11 is 0. The second kappa shape index (κ2) is 12.7. The number of anilines is 1. The van der Waals surface area contributed by atoms with Crippen LogP contribution in [0.4, 0.5) is 5.69 Å². The molecule has 29 heavy (non-hydrogen) atoms. The average Bonchev–Trinajstić information content (AvgIpc) is 2.57. The Balaban J connectivity index is 0.000000362. The van der Waals surface area contributed by atoms with Gasteiger partial charge < -0.3 is 22.9 Å². The maximum absolute atomic E-state index is 11.4. The minimum atomic E-state index is -2.87. The minimum Gasteiger partial charge on any atom is -0.628 e. The van der Waals surface area contributed by atoms with Crippen LogP contribution in [0.1, 0.15) is 12.0 Å². The van der Waals surface area contributed by atoms with Gasteiger partial charge in [0.25, 0.3) is 0 Å². The molecular weight excluding hydrogens is 489 g/mol. The predicted octanol–water partition coefficient (Wildman–Crippen LogP) is 0.607. The largest absolute Gasteiger partial charge is 0.628 e. The first-order chi connectivity index (χ1) is 13.2. The van der Waals surface area contributed by atoms with Gasteiger partial charge in [0, 0.05) is 70.3 Å². The van der Waals surface area contributed by atoms with E-state index in [9.17, 15) is 16.8 Å². The molecule has 2 saturated heterocycles. The fraction of sp³-hybridized carbons (Fsp3) is 0.611. The van der Waals surface area contributed by atoms with Gasteiger partial charge in [-0.25, -0.2) is 16.8 Å². The van der Waals surface area contributed by atoms with Crippen molar-refractivity contribution in [1.82, 2.24) is 4.90 Å². The molecule has 1 aromatic rings. The Bertz CT molecular complexity index is 787. The molecule has 0 amide bonds. The van der Waals surface area contributed by atoms with Gasteiger partial charge >= 0.3 is 0 Å². The molecule has 0 spiro atoms. The van der Waals surface area contributed by atoms with E-state index in [0.29, 0.717) is 31.0 Å². The molecule has 2 N–H and O–H groups in total. The van der Waals surface area contributed by atoms with Gasteiger partial charge in [-0.3, -0.25) is 4.90 Å². The van der Waals surface area contributed by atoms with Crippen molar-refractivity contribution in [2.45, 2.75) is 13.0 Å². The number of benzene rings is 1. The van der Waals surface area contributed by atoms with Crippen molar-refractivity contribution in [3.8, 4) is 0 Å². The van der Waals surface area contributed by atoms with Crippen molar-refractivity contribution < 1.29 is 49.5 Å². The van der Waals surface area contributed by atoms with Crippen LogP contribution < -0.4 is 10.6 Å². The summed E-state index contributed by atoms with van der Waals surface area (Å²) in [4.78, 5) is 4.41. The number of hydrogen-bond donors (Lipinski definition) is 1. The van der Waals surface area contributed by atoms with Crippen molar-refractivity contribution >= 4 is 25.4 Å². The monoisotopic (exact) mass is 519 g/mol. The molecule has 2 aliphatic rings. The fourth-order valence-corrected chi connectivity index (χ4v) is 5.12. The number of sulfone groups is 2. The van der Waals surface area contributed by atoms with Crippen molar-refractivity contribution in [1.29, 1.82) is 0 Å². The van der Waals surface area contributed by atoms with Gasteiger partial charge in [0.15, 0.2) is 9.84 Å². The zero-order chi connectivity index (χ0) is 20.6. The zero-order valence-electron chi connectivity index (χ0n) is 16.7. The molecule has 2 aliphatic heterocycles. The van der Waals surface area contributed by atoms with E-state index in [1.165, 1.54) is 11.3 Å². The second-order valence-electron chi connectivity index (χ2n) is 6.93. The van der Waals surface area contributed by atoms with Crippen LogP contribution in [0.15, 0.2) is 24.3 Å². The van der Waals surface area contributed by atoms with Crippen molar-refractivity contribution in [3.63, 3.8) is 0 Å². The Morgan fingerprint density at radius 2 is 1.66 bits per heavy atom. The summed E-state index contributed by atoms with van der Waals surface area (Å²) in [7, 11) is -5.65. The number of nitrogens with two attached hydrogens (primary N) is 1. The Labute approximate surface area is 200 Å². The third kappa shape index (κ3) is 9.71. The first-order valence-electron chi connectivity index (χ1n) is 9.34. The van der Waals surface area contributed by atoms with Crippen LogP contribution in [0.3, 0.4) is 0 Å². The molecule has 0 aliphatic carbocycles. The Hall–Kier alpha value is -0.0961. The van der Waals surface area contributed by atoms with E-state index in [4.69, 9.17) is 5.73 Å². The molecule has 0 unspecified atom stereocenters. The molecule has 2 heterocycles. The smallest absolute Gasteiger partial charge is 0.152 e. The normalized spacial score (nSPS) is 18.8. The summed E-state index contributed by atoms with van der Waals surface area (Å²) in [6.45, 7) is 7.36. The number of hydrogen-bond acceptors (Lipinski definition) is 7. The van der Waals surface area contributed by atoms with Crippen LogP contribution in [0, 0.1) is 6.92 Å². The topological polar surface area (TPSA) is 115 Å². The zero-order valence-corrected chi connectivity index (χ0v) is 21.2. The predicted molar refractivity (Wildman–Crippen MR) is 114 cm³/mol. The van der Waals surface area contributed by atoms with E-state index < -0.39 is 19.7 Å². The summed E-state index contributed by atoms with van der Waals surface area (Å²) in [5.41, 5.74) is 7.49. The van der Waals surface area contributed by atoms with Crippen molar-refractivity contribution in [2.75, 3.05) is 60.9 Å². The number of rotatable bonds is 7. The maximum Gasteiger partial charge on any atom is 0.152 e. The van der Waals surface area contributed by atoms with Crippen LogP contribution in [-0.2, 0) is 58.9 Å². The van der Waals surface area contributed by atoms with Gasteiger partial charge in [-0.15, -0.1) is 0 Å². The molecule has 1 aromatic carbocycles. The molecule has 11 heteroatoms. The van der Waals surface area contributed by atoms with E-state index in [0.717, 1.165) is 19.9 Å². The van der Waals surface area contributed by atoms with E-state index >= 15 is 0 Å². The third-order valence-electron chi connectivity index (χ3n) is 4.57. The summed E-state index contributed by atoms with van der Waals surface area (Å²) < 4.78 is 44.2. The minimum absolute atomic E-state index is 0. The molecule has 0 bridgehead atoms. The van der Waals surface area contributed by atoms with Gasteiger partial charge in [0.2, 0.25) is 0 Å². The fourth-order valence-electron chi connectivity index (χ4n) is 2.84. The molecule has 163 valence electrons. The summed E-state index contributed by atoms with van der Waals surface area (Å²) in [6, 6.07) is 8.48. The van der Waals surface area contributed by atoms with E-state index in [1.807, 2.05) is 0 Å². The molecule has 0 atom stereocenters. The molecule has 0 saturated carbocycles. The Morgan fingerprint density at radius 3 is 2.10 bits per heavy atom. The Morgan fingerprint density at radius 1 is 1.07 bits per heavy atom. The van der Waals surface area contributed by atoms with Gasteiger partial charge in [0.05, 0.1) is 17.3 Å². The van der Waals surface area contributed by atoms with Crippen molar-refractivity contribution in [3.05, 3.63) is 42.1 Å². The van der Waals surface area contributed by atoms with Crippen LogP contribution in [0.2, 0.25) is 0 Å². The summed E-state index contributed by atoms with van der Waals surface area (Å²) in [5, 5.41) is 4.16. The van der Waals surface area contributed by atoms with E-state index in [2.05, 4.69) is 46.3 Å². The molecule has 3 rings (SSSR count). The summed E-state index contributed by atoms with van der Waals surface area (Å²) in [5.74, 6) is 0.827. The summed E-state index contributed by atoms with van der Waals surface area (Å²) in [6.07, 6.45) is 0.433. The molecule has 0 aromatic heterocycles. The van der Waals surface area contributed by atoms with Gasteiger partial charge in [-0.2, -0.15) is 6.42 Å². The van der Waals surface area contributed by atoms with Crippen LogP contribution in [0.25, 0.3) is 5.32 Å². The quantitative estimate of drug-likeness (QED) is 0.525. The standard InChI is InChI=1S/C13H18N3O2S.C5H12NO2S.Y/c17-19(18)7-5-15(6-8-19)9-12-1-3-13(4-2-12)16-10-14-11-16;1-2-4-9(7,8)5-3-6;/h1-4H,5-11H2;1-6H2;/q2*-1;.